The number of hydrogen-bond donors (Lipinski definition) is 3. The fourth-order valence-electron chi connectivity index (χ4n) is 2.08. The first-order valence-electron chi connectivity index (χ1n) is 6.32. The van der Waals surface area contributed by atoms with Gasteiger partial charge < -0.3 is 15.4 Å². The average molecular weight is 299 g/mol. The molecule has 1 heterocycles. The average Bonchev–Trinajstić information content (AvgIpc) is 2.94. The van der Waals surface area contributed by atoms with Crippen LogP contribution in [0.2, 0.25) is 0 Å². The number of imidazole rings is 1. The number of nitrogens with zero attached hydrogens (tertiary/aromatic N) is 1. The molecule has 3 N–H and O–H groups in total. The molecule has 0 radical (unpaired) electrons. The van der Waals surface area contributed by atoms with Crippen molar-refractivity contribution in [2.75, 3.05) is 5.32 Å². The van der Waals surface area contributed by atoms with Gasteiger partial charge in [0.25, 0.3) is 5.91 Å². The molecule has 3 rings (SSSR count). The highest BCUT2D eigenvalue weighted by molar-refractivity contribution is 6.08. The summed E-state index contributed by atoms with van der Waals surface area (Å²) in [6, 6.07) is 7.89. The molecule has 0 saturated carbocycles. The monoisotopic (exact) mass is 299 g/mol. The van der Waals surface area contributed by atoms with E-state index in [1.807, 2.05) is 0 Å². The van der Waals surface area contributed by atoms with E-state index in [-0.39, 0.29) is 11.3 Å². The number of carboxylic acid groups (broad SMARTS) is 1. The molecule has 6 nitrogen and oxygen atoms in total. The molecule has 0 fully saturated rings. The second kappa shape index (κ2) is 5.28. The maximum absolute atomic E-state index is 13.3. The van der Waals surface area contributed by atoms with Crippen molar-refractivity contribution in [1.82, 2.24) is 9.97 Å². The lowest BCUT2D eigenvalue weighted by molar-refractivity contribution is 0.0698. The normalized spacial score (nSPS) is 10.6. The maximum atomic E-state index is 13.3. The molecule has 0 aliphatic rings. The number of anilines is 1. The van der Waals surface area contributed by atoms with Gasteiger partial charge >= 0.3 is 5.97 Å². The topological polar surface area (TPSA) is 95.1 Å². The van der Waals surface area contributed by atoms with Gasteiger partial charge in [-0.05, 0) is 36.4 Å². The fraction of sp³-hybridized carbons (Fsp3) is 0. The third-order valence-corrected chi connectivity index (χ3v) is 3.14. The smallest absolute Gasteiger partial charge is 0.337 e. The summed E-state index contributed by atoms with van der Waals surface area (Å²) in [6.07, 6.45) is 1.50. The van der Waals surface area contributed by atoms with Gasteiger partial charge in [0.2, 0.25) is 0 Å². The van der Waals surface area contributed by atoms with Crippen molar-refractivity contribution in [3.05, 3.63) is 59.7 Å². The SMILES string of the molecule is O=C(Nc1cc(F)ccc1C(=O)O)c1ccc2nc[nH]c2c1. The van der Waals surface area contributed by atoms with E-state index in [0.29, 0.717) is 16.6 Å². The van der Waals surface area contributed by atoms with E-state index in [4.69, 9.17) is 5.11 Å². The standard InChI is InChI=1S/C15H10FN3O3/c16-9-2-3-10(15(21)22)12(6-9)19-14(20)8-1-4-11-13(5-8)18-7-17-11/h1-7H,(H,17,18)(H,19,20)(H,21,22). The zero-order valence-corrected chi connectivity index (χ0v) is 11.1. The van der Waals surface area contributed by atoms with Gasteiger partial charge in [-0.3, -0.25) is 4.79 Å². The number of hydrogen-bond acceptors (Lipinski definition) is 3. The number of rotatable bonds is 3. The summed E-state index contributed by atoms with van der Waals surface area (Å²) in [6.45, 7) is 0. The van der Waals surface area contributed by atoms with E-state index in [0.717, 1.165) is 18.2 Å². The lowest BCUT2D eigenvalue weighted by Gasteiger charge is -2.08. The number of carbonyl (C=O) groups excluding carboxylic acids is 1. The first-order chi connectivity index (χ1) is 10.5. The molecular weight excluding hydrogens is 289 g/mol. The third kappa shape index (κ3) is 2.51. The summed E-state index contributed by atoms with van der Waals surface area (Å²) in [5, 5.41) is 11.5. The summed E-state index contributed by atoms with van der Waals surface area (Å²) in [4.78, 5) is 30.2. The summed E-state index contributed by atoms with van der Waals surface area (Å²) < 4.78 is 13.3. The van der Waals surface area contributed by atoms with E-state index >= 15 is 0 Å². The van der Waals surface area contributed by atoms with Gasteiger partial charge in [-0.15, -0.1) is 0 Å². The Morgan fingerprint density at radius 2 is 2.00 bits per heavy atom. The highest BCUT2D eigenvalue weighted by Gasteiger charge is 2.15. The molecule has 1 amide bonds. The minimum absolute atomic E-state index is 0.0952. The lowest BCUT2D eigenvalue weighted by Crippen LogP contribution is -2.15. The van der Waals surface area contributed by atoms with Crippen LogP contribution in [0, 0.1) is 5.82 Å². The molecule has 2 aromatic carbocycles. The van der Waals surface area contributed by atoms with Crippen LogP contribution in [0.3, 0.4) is 0 Å². The van der Waals surface area contributed by atoms with Crippen LogP contribution < -0.4 is 5.32 Å². The zero-order chi connectivity index (χ0) is 15.7. The van der Waals surface area contributed by atoms with Gasteiger partial charge in [-0.2, -0.15) is 0 Å². The number of H-pyrrole nitrogens is 1. The first-order valence-corrected chi connectivity index (χ1v) is 6.32. The number of carbonyl (C=O) groups is 2. The van der Waals surface area contributed by atoms with Crippen molar-refractivity contribution in [3.63, 3.8) is 0 Å². The van der Waals surface area contributed by atoms with Crippen molar-refractivity contribution in [3.8, 4) is 0 Å². The Balaban J connectivity index is 1.93. The predicted molar refractivity (Wildman–Crippen MR) is 77.4 cm³/mol. The van der Waals surface area contributed by atoms with Crippen LogP contribution in [0.15, 0.2) is 42.7 Å². The van der Waals surface area contributed by atoms with Gasteiger partial charge in [0.1, 0.15) is 5.82 Å². The summed E-state index contributed by atoms with van der Waals surface area (Å²) >= 11 is 0. The molecule has 3 aromatic rings. The minimum atomic E-state index is -1.25. The lowest BCUT2D eigenvalue weighted by atomic mass is 10.1. The Morgan fingerprint density at radius 3 is 2.77 bits per heavy atom. The van der Waals surface area contributed by atoms with Crippen molar-refractivity contribution in [1.29, 1.82) is 0 Å². The second-order valence-corrected chi connectivity index (χ2v) is 4.58. The quantitative estimate of drug-likeness (QED) is 0.693. The molecule has 0 saturated heterocycles. The van der Waals surface area contributed by atoms with E-state index in [2.05, 4.69) is 15.3 Å². The van der Waals surface area contributed by atoms with Crippen molar-refractivity contribution < 1.29 is 19.1 Å². The van der Waals surface area contributed by atoms with Crippen LogP contribution in [0.25, 0.3) is 11.0 Å². The molecule has 110 valence electrons. The van der Waals surface area contributed by atoms with Gasteiger partial charge in [0.15, 0.2) is 0 Å². The van der Waals surface area contributed by atoms with Gasteiger partial charge in [-0.25, -0.2) is 14.2 Å². The van der Waals surface area contributed by atoms with E-state index in [9.17, 15) is 14.0 Å². The third-order valence-electron chi connectivity index (χ3n) is 3.14. The summed E-state index contributed by atoms with van der Waals surface area (Å²) in [5.41, 5.74) is 1.40. The number of benzene rings is 2. The van der Waals surface area contributed by atoms with Gasteiger partial charge in [0.05, 0.1) is 28.6 Å². The molecule has 0 aliphatic carbocycles. The van der Waals surface area contributed by atoms with Crippen LogP contribution in [-0.2, 0) is 0 Å². The van der Waals surface area contributed by atoms with Crippen LogP contribution >= 0.6 is 0 Å². The van der Waals surface area contributed by atoms with Crippen molar-refractivity contribution in [2.45, 2.75) is 0 Å². The number of aromatic carboxylic acids is 1. The summed E-state index contributed by atoms with van der Waals surface area (Å²) in [5.74, 6) is -2.42. The summed E-state index contributed by atoms with van der Waals surface area (Å²) in [7, 11) is 0. The van der Waals surface area contributed by atoms with Gasteiger partial charge in [0, 0.05) is 5.56 Å². The first kappa shape index (κ1) is 13.7. The van der Waals surface area contributed by atoms with E-state index in [1.165, 1.54) is 6.33 Å². The van der Waals surface area contributed by atoms with Crippen LogP contribution in [0.4, 0.5) is 10.1 Å². The van der Waals surface area contributed by atoms with Crippen molar-refractivity contribution >= 4 is 28.6 Å². The highest BCUT2D eigenvalue weighted by atomic mass is 19.1. The van der Waals surface area contributed by atoms with Gasteiger partial charge in [-0.1, -0.05) is 0 Å². The number of amides is 1. The Hall–Kier alpha value is -3.22. The number of carboxylic acids is 1. The number of nitrogens with one attached hydrogen (secondary N) is 2. The zero-order valence-electron chi connectivity index (χ0n) is 11.1. The fourth-order valence-corrected chi connectivity index (χ4v) is 2.08. The Bertz CT molecular complexity index is 889. The molecule has 1 aromatic heterocycles. The van der Waals surface area contributed by atoms with Crippen LogP contribution in [0.5, 0.6) is 0 Å². The van der Waals surface area contributed by atoms with Crippen LogP contribution in [0.1, 0.15) is 20.7 Å². The Labute approximate surface area is 123 Å². The molecular formula is C15H10FN3O3. The Kier molecular flexibility index (Phi) is 3.30. The van der Waals surface area contributed by atoms with Crippen molar-refractivity contribution in [2.24, 2.45) is 0 Å². The number of aromatic amines is 1. The molecule has 0 aliphatic heterocycles. The number of halogens is 1. The minimum Gasteiger partial charge on any atom is -0.478 e. The second-order valence-electron chi connectivity index (χ2n) is 4.58. The number of fused-ring (bicyclic) bond motifs is 1. The van der Waals surface area contributed by atoms with E-state index in [1.54, 1.807) is 18.2 Å². The molecule has 22 heavy (non-hydrogen) atoms. The predicted octanol–water partition coefficient (Wildman–Crippen LogP) is 2.65. The Morgan fingerprint density at radius 1 is 1.18 bits per heavy atom. The van der Waals surface area contributed by atoms with E-state index < -0.39 is 17.7 Å². The molecule has 7 heteroatoms. The molecule has 0 bridgehead atoms. The maximum Gasteiger partial charge on any atom is 0.337 e. The molecule has 0 spiro atoms. The largest absolute Gasteiger partial charge is 0.478 e. The molecule has 0 atom stereocenters. The van der Waals surface area contributed by atoms with Crippen LogP contribution in [-0.4, -0.2) is 27.0 Å². The molecule has 0 unspecified atom stereocenters. The number of aromatic nitrogens is 2. The highest BCUT2D eigenvalue weighted by Crippen LogP contribution is 2.19.